The first-order chi connectivity index (χ1) is 44.8. The van der Waals surface area contributed by atoms with E-state index in [1.807, 2.05) is 182 Å². The molecule has 7 aromatic rings. The van der Waals surface area contributed by atoms with Crippen molar-refractivity contribution < 1.29 is 62.1 Å². The van der Waals surface area contributed by atoms with Crippen molar-refractivity contribution in [2.75, 3.05) is 13.2 Å². The lowest BCUT2D eigenvalue weighted by atomic mass is 9.84. The molecule has 0 aromatic heterocycles. The molecule has 0 bridgehead atoms. The van der Waals surface area contributed by atoms with E-state index >= 15 is 9.59 Å². The van der Waals surface area contributed by atoms with Gasteiger partial charge in [-0.2, -0.15) is 0 Å². The highest BCUT2D eigenvalue weighted by molar-refractivity contribution is 6.21. The standard InChI is InChI=1S/C68H68N10O13/c69-75-72-36-54-60(83-38-45-23-9-2-10-24-45)63(86-41-48-29-15-5-16-30-48)64(87-42-49-31-17-6-18-32-49)68(88-54)91-59-53(74-77-71)35-52(73-76-70)58(57(59)79)90-67-56(78-65(80)50-33-19-20-34-51(50)66(78)81)62(85-40-47-27-13-4-14-28-47)61(84-39-46-25-11-3-12-26-46)55(89-67)43-82-37-44-21-7-1-8-22-44/h1-34,52-64,67-68,79H,35-43H2/t52-,53+,54+,55-,56-,57-,58+,59-,60+,61-,62-,63-,64+,67+,68+/m1/s1. The zero-order valence-electron chi connectivity index (χ0n) is 49.5. The zero-order chi connectivity index (χ0) is 62.7. The lowest BCUT2D eigenvalue weighted by molar-refractivity contribution is -0.347. The van der Waals surface area contributed by atoms with Crippen LogP contribution in [0.15, 0.2) is 222 Å². The van der Waals surface area contributed by atoms with Crippen LogP contribution >= 0.6 is 0 Å². The molecule has 2 amide bonds. The minimum Gasteiger partial charge on any atom is -0.388 e. The predicted octanol–water partition coefficient (Wildman–Crippen LogP) is 11.4. The van der Waals surface area contributed by atoms with Crippen LogP contribution in [0.3, 0.4) is 0 Å². The lowest BCUT2D eigenvalue weighted by Crippen LogP contribution is -2.69. The molecule has 1 aliphatic carbocycles. The van der Waals surface area contributed by atoms with Crippen molar-refractivity contribution in [3.63, 3.8) is 0 Å². The monoisotopic (exact) mass is 1230 g/mol. The summed E-state index contributed by atoms with van der Waals surface area (Å²) in [6, 6.07) is 58.8. The minimum absolute atomic E-state index is 0.00203. The van der Waals surface area contributed by atoms with Crippen LogP contribution in [0.1, 0.15) is 60.5 Å². The second-order valence-corrected chi connectivity index (χ2v) is 22.3. The molecule has 3 fully saturated rings. The molecule has 23 heteroatoms. The summed E-state index contributed by atoms with van der Waals surface area (Å²) in [6.07, 6.45) is -16.4. The molecule has 91 heavy (non-hydrogen) atoms. The lowest BCUT2D eigenvalue weighted by Gasteiger charge is -2.51. The Morgan fingerprint density at radius 1 is 0.429 bits per heavy atom. The van der Waals surface area contributed by atoms with Gasteiger partial charge in [0.25, 0.3) is 11.8 Å². The fourth-order valence-electron chi connectivity index (χ4n) is 12.0. The van der Waals surface area contributed by atoms with Gasteiger partial charge >= 0.3 is 0 Å². The first-order valence-corrected chi connectivity index (χ1v) is 30.0. The van der Waals surface area contributed by atoms with E-state index in [1.165, 1.54) is 0 Å². The van der Waals surface area contributed by atoms with Gasteiger partial charge in [-0.1, -0.05) is 209 Å². The number of nitrogens with zero attached hydrogens (tertiary/aromatic N) is 10. The fourth-order valence-corrected chi connectivity index (χ4v) is 12.0. The Kier molecular flexibility index (Phi) is 22.2. The van der Waals surface area contributed by atoms with Gasteiger partial charge in [0.15, 0.2) is 12.6 Å². The maximum absolute atomic E-state index is 15.1. The molecule has 3 heterocycles. The largest absolute Gasteiger partial charge is 0.388 e. The van der Waals surface area contributed by atoms with E-state index in [2.05, 4.69) is 30.1 Å². The van der Waals surface area contributed by atoms with Crippen LogP contribution < -0.4 is 0 Å². The fraction of sp³-hybridized carbons (Fsp3) is 0.353. The number of amides is 2. The molecule has 4 aliphatic rings. The SMILES string of the molecule is [N-]=[N+]=NC[C@@H]1O[C@@H](O[C@H]2[C@H](O)[C@@H](O[C@@H]3O[C@H](COCc4ccccc4)[C@@H](OCc4ccccc4)[C@H](OCc4ccccc4)[C@H]3N3C(=O)c4ccccc4C3=O)[C@H](N=[N+]=[N-])C[C@@H]2N=[N+]=[N-])[C@@H](OCc2ccccc2)[C@H](OCc2ccccc2)[C@H]1OCc1ccccc1. The molecule has 1 saturated carbocycles. The number of hydrogen-bond donors (Lipinski definition) is 1. The second kappa shape index (κ2) is 31.8. The van der Waals surface area contributed by atoms with Gasteiger partial charge in [0.2, 0.25) is 0 Å². The summed E-state index contributed by atoms with van der Waals surface area (Å²) in [5.41, 5.74) is 35.4. The number of fused-ring (bicyclic) bond motifs is 1. The third-order valence-corrected chi connectivity index (χ3v) is 16.4. The van der Waals surface area contributed by atoms with Gasteiger partial charge in [-0.15, -0.1) is 0 Å². The summed E-state index contributed by atoms with van der Waals surface area (Å²) >= 11 is 0. The number of ether oxygens (including phenoxy) is 10. The summed E-state index contributed by atoms with van der Waals surface area (Å²) < 4.78 is 68.8. The van der Waals surface area contributed by atoms with Crippen molar-refractivity contribution >= 4 is 11.8 Å². The van der Waals surface area contributed by atoms with Crippen LogP contribution in [0.4, 0.5) is 0 Å². The summed E-state index contributed by atoms with van der Waals surface area (Å²) in [4.78, 5) is 40.6. The van der Waals surface area contributed by atoms with Gasteiger partial charge in [-0.3, -0.25) is 14.5 Å². The maximum atomic E-state index is 15.1. The molecule has 0 unspecified atom stereocenters. The Morgan fingerprint density at radius 3 is 1.22 bits per heavy atom. The third kappa shape index (κ3) is 15.8. The molecule has 23 nitrogen and oxygen atoms in total. The molecular formula is C68H68N10O13. The molecule has 15 atom stereocenters. The number of aliphatic hydroxyl groups is 1. The first-order valence-electron chi connectivity index (χ1n) is 30.0. The van der Waals surface area contributed by atoms with Crippen molar-refractivity contribution in [2.45, 2.75) is 138 Å². The van der Waals surface area contributed by atoms with Gasteiger partial charge in [0, 0.05) is 14.7 Å². The average molecular weight is 1230 g/mol. The summed E-state index contributed by atoms with van der Waals surface area (Å²) in [7, 11) is 0. The van der Waals surface area contributed by atoms with Gasteiger partial charge in [-0.05, 0) is 68.5 Å². The predicted molar refractivity (Wildman–Crippen MR) is 329 cm³/mol. The molecule has 11 rings (SSSR count). The van der Waals surface area contributed by atoms with Crippen molar-refractivity contribution in [1.82, 2.24) is 4.90 Å². The van der Waals surface area contributed by atoms with Crippen molar-refractivity contribution in [3.05, 3.63) is 282 Å². The molecule has 2 saturated heterocycles. The highest BCUT2D eigenvalue weighted by atomic mass is 16.7. The highest BCUT2D eigenvalue weighted by Crippen LogP contribution is 2.41. The van der Waals surface area contributed by atoms with E-state index in [4.69, 9.17) is 47.4 Å². The quantitative estimate of drug-likeness (QED) is 0.0207. The molecule has 0 spiro atoms. The van der Waals surface area contributed by atoms with Crippen LogP contribution in [0.2, 0.25) is 0 Å². The number of imide groups is 1. The number of benzene rings is 7. The minimum atomic E-state index is -1.90. The van der Waals surface area contributed by atoms with Crippen molar-refractivity contribution in [1.29, 1.82) is 0 Å². The van der Waals surface area contributed by atoms with Gasteiger partial charge in [-0.25, -0.2) is 0 Å². The van der Waals surface area contributed by atoms with Gasteiger partial charge in [0.1, 0.15) is 48.8 Å². The number of carbonyl (C=O) groups is 2. The average Bonchev–Trinajstić information content (AvgIpc) is 1.71. The number of aliphatic hydroxyl groups excluding tert-OH is 1. The van der Waals surface area contributed by atoms with Gasteiger partial charge < -0.3 is 52.5 Å². The van der Waals surface area contributed by atoms with Crippen molar-refractivity contribution in [2.24, 2.45) is 15.3 Å². The van der Waals surface area contributed by atoms with E-state index in [0.29, 0.717) is 0 Å². The second-order valence-electron chi connectivity index (χ2n) is 22.3. The molecule has 468 valence electrons. The molecule has 3 aliphatic heterocycles. The van der Waals surface area contributed by atoms with Crippen LogP contribution in [-0.4, -0.2) is 127 Å². The molecule has 7 aromatic carbocycles. The van der Waals surface area contributed by atoms with E-state index in [1.54, 1.807) is 24.3 Å². The number of azide groups is 3. The summed E-state index contributed by atoms with van der Waals surface area (Å²) in [5, 5.41) is 25.5. The van der Waals surface area contributed by atoms with Crippen LogP contribution in [0.25, 0.3) is 31.3 Å². The highest BCUT2D eigenvalue weighted by Gasteiger charge is 2.59. The Morgan fingerprint density at radius 2 is 0.791 bits per heavy atom. The van der Waals surface area contributed by atoms with Crippen LogP contribution in [0, 0.1) is 0 Å². The summed E-state index contributed by atoms with van der Waals surface area (Å²) in [6.45, 7) is -0.121. The Balaban J connectivity index is 0.991. The number of hydrogen-bond acceptors (Lipinski definition) is 16. The Hall–Kier alpha value is -8.83. The Bertz CT molecular complexity index is 3580. The number of carbonyl (C=O) groups excluding carboxylic acids is 2. The Labute approximate surface area is 525 Å². The maximum Gasteiger partial charge on any atom is 0.262 e. The van der Waals surface area contributed by atoms with E-state index in [-0.39, 0.29) is 70.3 Å². The zero-order valence-corrected chi connectivity index (χ0v) is 49.5. The molecule has 0 radical (unpaired) electrons. The molecule has 1 N–H and O–H groups in total. The smallest absolute Gasteiger partial charge is 0.262 e. The topological polar surface area (TPSA) is 296 Å². The summed E-state index contributed by atoms with van der Waals surface area (Å²) in [5.74, 6) is -1.36. The molecular weight excluding hydrogens is 1160 g/mol. The van der Waals surface area contributed by atoms with E-state index < -0.39 is 104 Å². The number of rotatable bonds is 28. The van der Waals surface area contributed by atoms with E-state index in [0.717, 1.165) is 38.3 Å². The normalized spacial score (nSPS) is 27.0. The first kappa shape index (κ1) is 63.7. The third-order valence-electron chi connectivity index (χ3n) is 16.4. The van der Waals surface area contributed by atoms with Crippen molar-refractivity contribution in [3.8, 4) is 0 Å². The van der Waals surface area contributed by atoms with Gasteiger partial charge in [0.05, 0.1) is 94.3 Å². The van der Waals surface area contributed by atoms with E-state index in [9.17, 15) is 21.7 Å². The van der Waals surface area contributed by atoms with Crippen LogP contribution in [-0.2, 0) is 87.0 Å². The van der Waals surface area contributed by atoms with Crippen LogP contribution in [0.5, 0.6) is 0 Å².